The fourth-order valence-electron chi connectivity index (χ4n) is 2.78. The van der Waals surface area contributed by atoms with E-state index in [0.717, 1.165) is 11.4 Å². The predicted molar refractivity (Wildman–Crippen MR) is 102 cm³/mol. The minimum atomic E-state index is -1.02. The second-order valence-corrected chi connectivity index (χ2v) is 7.11. The number of anilines is 1. The van der Waals surface area contributed by atoms with Crippen LogP contribution >= 0.6 is 23.2 Å². The van der Waals surface area contributed by atoms with Crippen molar-refractivity contribution in [1.29, 1.82) is 0 Å². The number of halogens is 2. The number of aryl methyl sites for hydroxylation is 1. The summed E-state index contributed by atoms with van der Waals surface area (Å²) in [6.07, 6.45) is 0.346. The van der Waals surface area contributed by atoms with Crippen molar-refractivity contribution < 1.29 is 14.3 Å². The minimum Gasteiger partial charge on any atom is -0.449 e. The Hall–Kier alpha value is -2.05. The summed E-state index contributed by atoms with van der Waals surface area (Å²) in [6.45, 7) is 9.33. The first-order valence-corrected chi connectivity index (χ1v) is 8.88. The molecule has 0 fully saturated rings. The molecule has 2 heterocycles. The molecule has 1 N–H and O–H groups in total. The van der Waals surface area contributed by atoms with E-state index in [9.17, 15) is 9.59 Å². The van der Waals surface area contributed by atoms with Gasteiger partial charge in [0.05, 0.1) is 15.6 Å². The van der Waals surface area contributed by atoms with Crippen LogP contribution in [0.15, 0.2) is 18.3 Å². The summed E-state index contributed by atoms with van der Waals surface area (Å²) in [6, 6.07) is 3.44. The summed E-state index contributed by atoms with van der Waals surface area (Å²) in [7, 11) is 0. The quantitative estimate of drug-likeness (QED) is 0.749. The normalized spacial score (nSPS) is 12.2. The van der Waals surface area contributed by atoms with Gasteiger partial charge in [-0.25, -0.2) is 9.78 Å². The number of hydrogen-bond acceptors (Lipinski definition) is 4. The van der Waals surface area contributed by atoms with Crippen molar-refractivity contribution in [3.05, 3.63) is 45.3 Å². The second kappa shape index (κ2) is 8.10. The standard InChI is InChI=1S/C18H21Cl2N3O3/c1-9(2)23-10(3)6-14(11(23)4)18(25)26-12(5)17(24)22-16-15(20)7-13(19)8-21-16/h6-9,12H,1-5H3,(H,21,22,24)/t12-/m1/s1. The van der Waals surface area contributed by atoms with Gasteiger partial charge >= 0.3 is 5.97 Å². The zero-order valence-corrected chi connectivity index (χ0v) is 16.8. The third kappa shape index (κ3) is 4.37. The van der Waals surface area contributed by atoms with Gasteiger partial charge in [0.15, 0.2) is 11.9 Å². The maximum absolute atomic E-state index is 12.5. The molecule has 1 atom stereocenters. The van der Waals surface area contributed by atoms with E-state index in [1.807, 2.05) is 32.3 Å². The molecule has 140 valence electrons. The van der Waals surface area contributed by atoms with Crippen molar-refractivity contribution in [3.8, 4) is 0 Å². The van der Waals surface area contributed by atoms with E-state index in [4.69, 9.17) is 27.9 Å². The number of nitrogens with one attached hydrogen (secondary N) is 1. The van der Waals surface area contributed by atoms with Gasteiger partial charge in [0.1, 0.15) is 0 Å². The summed E-state index contributed by atoms with van der Waals surface area (Å²) < 4.78 is 7.34. The third-order valence-corrected chi connectivity index (χ3v) is 4.42. The molecule has 6 nitrogen and oxygen atoms in total. The summed E-state index contributed by atoms with van der Waals surface area (Å²) >= 11 is 11.8. The van der Waals surface area contributed by atoms with Crippen LogP contribution in [0.2, 0.25) is 10.0 Å². The van der Waals surface area contributed by atoms with Crippen LogP contribution in [0.3, 0.4) is 0 Å². The highest BCUT2D eigenvalue weighted by Crippen LogP contribution is 2.23. The summed E-state index contributed by atoms with van der Waals surface area (Å²) in [4.78, 5) is 28.7. The Morgan fingerprint density at radius 1 is 1.19 bits per heavy atom. The van der Waals surface area contributed by atoms with Gasteiger partial charge < -0.3 is 14.6 Å². The highest BCUT2D eigenvalue weighted by Gasteiger charge is 2.24. The molecule has 8 heteroatoms. The number of hydrogen-bond donors (Lipinski definition) is 1. The Morgan fingerprint density at radius 3 is 2.38 bits per heavy atom. The van der Waals surface area contributed by atoms with Crippen molar-refractivity contribution in [2.75, 3.05) is 5.32 Å². The molecule has 2 aromatic heterocycles. The maximum atomic E-state index is 12.5. The molecular formula is C18H21Cl2N3O3. The number of carbonyl (C=O) groups is 2. The molecule has 0 aliphatic carbocycles. The monoisotopic (exact) mass is 397 g/mol. The Labute approximate surface area is 162 Å². The van der Waals surface area contributed by atoms with Crippen LogP contribution < -0.4 is 5.32 Å². The van der Waals surface area contributed by atoms with Crippen molar-refractivity contribution >= 4 is 40.9 Å². The lowest BCUT2D eigenvalue weighted by Crippen LogP contribution is -2.30. The smallest absolute Gasteiger partial charge is 0.340 e. The Morgan fingerprint density at radius 2 is 1.85 bits per heavy atom. The first-order chi connectivity index (χ1) is 12.1. The number of carbonyl (C=O) groups excluding carboxylic acids is 2. The number of esters is 1. The lowest BCUT2D eigenvalue weighted by Gasteiger charge is -2.15. The number of ether oxygens (including phenoxy) is 1. The topological polar surface area (TPSA) is 73.2 Å². The summed E-state index contributed by atoms with van der Waals surface area (Å²) in [5.74, 6) is -0.933. The number of pyridine rings is 1. The van der Waals surface area contributed by atoms with Crippen molar-refractivity contribution in [3.63, 3.8) is 0 Å². The molecular weight excluding hydrogens is 377 g/mol. The molecule has 0 spiro atoms. The zero-order valence-electron chi connectivity index (χ0n) is 15.3. The average molecular weight is 398 g/mol. The molecule has 1 amide bonds. The van der Waals surface area contributed by atoms with Crippen LogP contribution in [0, 0.1) is 13.8 Å². The molecule has 26 heavy (non-hydrogen) atoms. The lowest BCUT2D eigenvalue weighted by molar-refractivity contribution is -0.123. The van der Waals surface area contributed by atoms with Crippen LogP contribution in [0.4, 0.5) is 5.82 Å². The van der Waals surface area contributed by atoms with Gasteiger partial charge in [0.2, 0.25) is 0 Å². The fraction of sp³-hybridized carbons (Fsp3) is 0.389. The lowest BCUT2D eigenvalue weighted by atomic mass is 10.2. The first kappa shape index (κ1) is 20.3. The molecule has 0 unspecified atom stereocenters. The van der Waals surface area contributed by atoms with Crippen LogP contribution in [-0.4, -0.2) is 27.5 Å². The molecule has 0 aliphatic heterocycles. The molecule has 2 rings (SSSR count). The number of aromatic nitrogens is 2. The molecule has 0 saturated heterocycles. The van der Waals surface area contributed by atoms with E-state index in [1.54, 1.807) is 6.07 Å². The van der Waals surface area contributed by atoms with E-state index in [-0.39, 0.29) is 16.9 Å². The Bertz CT molecular complexity index is 846. The van der Waals surface area contributed by atoms with Gasteiger partial charge in [-0.05, 0) is 46.8 Å². The van der Waals surface area contributed by atoms with Gasteiger partial charge in [0.25, 0.3) is 5.91 Å². The van der Waals surface area contributed by atoms with Crippen LogP contribution in [0.5, 0.6) is 0 Å². The summed E-state index contributed by atoms with van der Waals surface area (Å²) in [5.41, 5.74) is 2.20. The largest absolute Gasteiger partial charge is 0.449 e. The molecule has 2 aromatic rings. The highest BCUT2D eigenvalue weighted by atomic mass is 35.5. The van der Waals surface area contributed by atoms with E-state index in [0.29, 0.717) is 10.6 Å². The molecule has 0 saturated carbocycles. The van der Waals surface area contributed by atoms with E-state index in [1.165, 1.54) is 19.2 Å². The Kier molecular flexibility index (Phi) is 6.31. The fourth-order valence-corrected chi connectivity index (χ4v) is 3.21. The molecule has 0 bridgehead atoms. The molecule has 0 aromatic carbocycles. The maximum Gasteiger partial charge on any atom is 0.340 e. The van der Waals surface area contributed by atoms with Gasteiger partial charge in [-0.2, -0.15) is 0 Å². The summed E-state index contributed by atoms with van der Waals surface area (Å²) in [5, 5.41) is 3.07. The van der Waals surface area contributed by atoms with Crippen molar-refractivity contribution in [2.24, 2.45) is 0 Å². The predicted octanol–water partition coefficient (Wildman–Crippen LogP) is 4.57. The molecule has 0 radical (unpaired) electrons. The van der Waals surface area contributed by atoms with Crippen LogP contribution in [-0.2, 0) is 9.53 Å². The highest BCUT2D eigenvalue weighted by molar-refractivity contribution is 6.36. The minimum absolute atomic E-state index is 0.155. The number of amides is 1. The van der Waals surface area contributed by atoms with Gasteiger partial charge in [-0.3, -0.25) is 4.79 Å². The number of rotatable bonds is 5. The SMILES string of the molecule is Cc1cc(C(=O)O[C@H](C)C(=O)Nc2ncc(Cl)cc2Cl)c(C)n1C(C)C. The van der Waals surface area contributed by atoms with E-state index >= 15 is 0 Å². The van der Waals surface area contributed by atoms with Gasteiger partial charge in [-0.1, -0.05) is 23.2 Å². The van der Waals surface area contributed by atoms with Gasteiger partial charge in [-0.15, -0.1) is 0 Å². The van der Waals surface area contributed by atoms with E-state index < -0.39 is 18.0 Å². The number of nitrogens with zero attached hydrogens (tertiary/aromatic N) is 2. The van der Waals surface area contributed by atoms with E-state index in [2.05, 4.69) is 10.3 Å². The van der Waals surface area contributed by atoms with Gasteiger partial charge in [0, 0.05) is 23.6 Å². The molecule has 0 aliphatic rings. The van der Waals surface area contributed by atoms with Crippen LogP contribution in [0.25, 0.3) is 0 Å². The van der Waals surface area contributed by atoms with Crippen LogP contribution in [0.1, 0.15) is 48.6 Å². The van der Waals surface area contributed by atoms with Crippen molar-refractivity contribution in [1.82, 2.24) is 9.55 Å². The third-order valence-electron chi connectivity index (χ3n) is 3.92. The first-order valence-electron chi connectivity index (χ1n) is 8.13. The Balaban J connectivity index is 2.09. The van der Waals surface area contributed by atoms with Crippen molar-refractivity contribution in [2.45, 2.75) is 46.8 Å². The average Bonchev–Trinajstić information content (AvgIpc) is 2.84. The second-order valence-electron chi connectivity index (χ2n) is 6.27. The zero-order chi connectivity index (χ0) is 19.6.